The molecule has 0 aliphatic carbocycles. The maximum atomic E-state index is 13.6. The summed E-state index contributed by atoms with van der Waals surface area (Å²) < 4.78 is 6.79. The summed E-state index contributed by atoms with van der Waals surface area (Å²) in [6, 6.07) is 9.89. The molecule has 0 unspecified atom stereocenters. The number of hydrogen-bond donors (Lipinski definition) is 1. The quantitative estimate of drug-likeness (QED) is 0.109. The third kappa shape index (κ3) is 6.15. The molecule has 1 N–H and O–H groups in total. The Morgan fingerprint density at radius 1 is 1.08 bits per heavy atom. The molecular formula is C28H29N3O5S3. The molecule has 3 heterocycles. The standard InChI is InChI=1S/C28H29N3O5S3/c1-6-36-27(35)22-16(3)23(17(4)32)39-25(22)29-20(33)14-37-28-30-24-21(15(2)18(5)38-24)26(34)31(28)13-12-19-10-8-7-9-11-19/h7-11H,6,12-14H2,1-5H3,(H,29,33). The van der Waals surface area contributed by atoms with E-state index in [0.29, 0.717) is 38.8 Å². The Hall–Kier alpha value is -3.28. The van der Waals surface area contributed by atoms with Crippen LogP contribution in [0.25, 0.3) is 10.2 Å². The van der Waals surface area contributed by atoms with Gasteiger partial charge in [0.25, 0.3) is 5.56 Å². The molecule has 0 saturated carbocycles. The van der Waals surface area contributed by atoms with Gasteiger partial charge < -0.3 is 10.1 Å². The molecular weight excluding hydrogens is 555 g/mol. The van der Waals surface area contributed by atoms with Crippen LogP contribution in [0.2, 0.25) is 0 Å². The summed E-state index contributed by atoms with van der Waals surface area (Å²) >= 11 is 3.68. The summed E-state index contributed by atoms with van der Waals surface area (Å²) in [6.45, 7) is 9.26. The summed E-state index contributed by atoms with van der Waals surface area (Å²) in [7, 11) is 0. The van der Waals surface area contributed by atoms with Gasteiger partial charge in [-0.15, -0.1) is 22.7 Å². The highest BCUT2D eigenvalue weighted by molar-refractivity contribution is 7.99. The van der Waals surface area contributed by atoms with Crippen LogP contribution in [0.1, 0.15) is 55.4 Å². The molecule has 0 saturated heterocycles. The number of ketones is 1. The summed E-state index contributed by atoms with van der Waals surface area (Å²) in [5.41, 5.74) is 2.58. The lowest BCUT2D eigenvalue weighted by Gasteiger charge is -2.12. The highest BCUT2D eigenvalue weighted by Crippen LogP contribution is 2.34. The van der Waals surface area contributed by atoms with Gasteiger partial charge in [-0.2, -0.15) is 0 Å². The number of anilines is 1. The zero-order valence-electron chi connectivity index (χ0n) is 22.4. The molecule has 4 rings (SSSR count). The summed E-state index contributed by atoms with van der Waals surface area (Å²) in [5.74, 6) is -1.21. The molecule has 0 bridgehead atoms. The topological polar surface area (TPSA) is 107 Å². The molecule has 0 fully saturated rings. The predicted molar refractivity (Wildman–Crippen MR) is 158 cm³/mol. The lowest BCUT2D eigenvalue weighted by Crippen LogP contribution is -2.25. The second-order valence-corrected chi connectivity index (χ2v) is 12.1. The summed E-state index contributed by atoms with van der Waals surface area (Å²) in [4.78, 5) is 58.1. The van der Waals surface area contributed by atoms with Gasteiger partial charge in [0.2, 0.25) is 5.91 Å². The zero-order valence-corrected chi connectivity index (χ0v) is 24.8. The van der Waals surface area contributed by atoms with Crippen LogP contribution in [-0.2, 0) is 22.5 Å². The number of esters is 1. The van der Waals surface area contributed by atoms with Crippen LogP contribution < -0.4 is 10.9 Å². The molecule has 1 amide bonds. The van der Waals surface area contributed by atoms with Gasteiger partial charge in [-0.25, -0.2) is 9.78 Å². The van der Waals surface area contributed by atoms with E-state index in [1.54, 1.807) is 18.4 Å². The SMILES string of the molecule is CCOC(=O)c1c(NC(=O)CSc2nc3sc(C)c(C)c3c(=O)n2CCc2ccccc2)sc(C(C)=O)c1C. The number of amides is 1. The highest BCUT2D eigenvalue weighted by atomic mass is 32.2. The Balaban J connectivity index is 1.61. The molecule has 8 nitrogen and oxygen atoms in total. The van der Waals surface area contributed by atoms with E-state index in [1.165, 1.54) is 18.3 Å². The van der Waals surface area contributed by atoms with E-state index in [9.17, 15) is 19.2 Å². The maximum absolute atomic E-state index is 13.6. The van der Waals surface area contributed by atoms with Crippen LogP contribution in [0.3, 0.4) is 0 Å². The average Bonchev–Trinajstić information content (AvgIpc) is 3.38. The molecule has 0 atom stereocenters. The molecule has 0 aliphatic heterocycles. The number of fused-ring (bicyclic) bond motifs is 1. The van der Waals surface area contributed by atoms with Gasteiger partial charge in [0, 0.05) is 11.4 Å². The summed E-state index contributed by atoms with van der Waals surface area (Å²) in [5, 5.41) is 4.12. The fourth-order valence-corrected chi connectivity index (χ4v) is 7.18. The van der Waals surface area contributed by atoms with E-state index in [-0.39, 0.29) is 40.2 Å². The van der Waals surface area contributed by atoms with Crippen molar-refractivity contribution in [3.63, 3.8) is 0 Å². The average molecular weight is 584 g/mol. The van der Waals surface area contributed by atoms with Crippen LogP contribution in [0.4, 0.5) is 5.00 Å². The van der Waals surface area contributed by atoms with Gasteiger partial charge in [-0.1, -0.05) is 42.1 Å². The molecule has 11 heteroatoms. The number of nitrogens with zero attached hydrogens (tertiary/aromatic N) is 2. The molecule has 3 aromatic heterocycles. The van der Waals surface area contributed by atoms with Gasteiger partial charge >= 0.3 is 5.97 Å². The van der Waals surface area contributed by atoms with Crippen molar-refractivity contribution < 1.29 is 19.1 Å². The van der Waals surface area contributed by atoms with E-state index in [2.05, 4.69) is 5.32 Å². The first-order valence-electron chi connectivity index (χ1n) is 12.4. The van der Waals surface area contributed by atoms with Crippen molar-refractivity contribution in [3.8, 4) is 0 Å². The van der Waals surface area contributed by atoms with Crippen LogP contribution in [-0.4, -0.2) is 39.6 Å². The van der Waals surface area contributed by atoms with E-state index in [4.69, 9.17) is 9.72 Å². The highest BCUT2D eigenvalue weighted by Gasteiger charge is 2.25. The van der Waals surface area contributed by atoms with Gasteiger partial charge in [-0.3, -0.25) is 19.0 Å². The first kappa shape index (κ1) is 28.7. The Morgan fingerprint density at radius 2 is 1.79 bits per heavy atom. The number of ether oxygens (including phenoxy) is 1. The largest absolute Gasteiger partial charge is 0.462 e. The van der Waals surface area contributed by atoms with Crippen molar-refractivity contribution in [2.45, 2.75) is 52.7 Å². The zero-order chi connectivity index (χ0) is 28.3. The fourth-order valence-electron chi connectivity index (χ4n) is 4.18. The van der Waals surface area contributed by atoms with Crippen molar-refractivity contribution in [2.24, 2.45) is 0 Å². The minimum atomic E-state index is -0.591. The van der Waals surface area contributed by atoms with Crippen molar-refractivity contribution in [2.75, 3.05) is 17.7 Å². The smallest absolute Gasteiger partial charge is 0.341 e. The lowest BCUT2D eigenvalue weighted by molar-refractivity contribution is -0.113. The number of thiophene rings is 2. The Morgan fingerprint density at radius 3 is 2.46 bits per heavy atom. The first-order chi connectivity index (χ1) is 18.6. The number of carbonyl (C=O) groups is 3. The van der Waals surface area contributed by atoms with Gasteiger partial charge in [-0.05, 0) is 57.7 Å². The third-order valence-electron chi connectivity index (χ3n) is 6.25. The molecule has 0 radical (unpaired) electrons. The van der Waals surface area contributed by atoms with Gasteiger partial charge in [0.15, 0.2) is 10.9 Å². The van der Waals surface area contributed by atoms with Crippen molar-refractivity contribution >= 4 is 67.3 Å². The summed E-state index contributed by atoms with van der Waals surface area (Å²) in [6.07, 6.45) is 0.640. The van der Waals surface area contributed by atoms with Crippen molar-refractivity contribution in [3.05, 3.63) is 72.7 Å². The van der Waals surface area contributed by atoms with Crippen LogP contribution >= 0.6 is 34.4 Å². The second-order valence-electron chi connectivity index (χ2n) is 8.92. The Labute approximate surface area is 238 Å². The Kier molecular flexibility index (Phi) is 9.04. The van der Waals surface area contributed by atoms with Crippen LogP contribution in [0.15, 0.2) is 40.3 Å². The number of benzene rings is 1. The third-order valence-corrected chi connectivity index (χ3v) is 9.64. The molecule has 0 aliphatic rings. The van der Waals surface area contributed by atoms with Crippen LogP contribution in [0.5, 0.6) is 0 Å². The minimum absolute atomic E-state index is 0.0404. The number of thioether (sulfide) groups is 1. The molecule has 0 spiro atoms. The van der Waals surface area contributed by atoms with E-state index >= 15 is 0 Å². The number of hydrogen-bond acceptors (Lipinski definition) is 9. The van der Waals surface area contributed by atoms with Gasteiger partial charge in [0.1, 0.15) is 9.83 Å². The molecule has 4 aromatic rings. The fraction of sp³-hybridized carbons (Fsp3) is 0.321. The first-order valence-corrected chi connectivity index (χ1v) is 15.0. The molecule has 39 heavy (non-hydrogen) atoms. The van der Waals surface area contributed by atoms with Crippen molar-refractivity contribution in [1.29, 1.82) is 0 Å². The maximum Gasteiger partial charge on any atom is 0.341 e. The number of carbonyl (C=O) groups excluding carboxylic acids is 3. The van der Waals surface area contributed by atoms with E-state index in [1.807, 2.05) is 44.2 Å². The normalized spacial score (nSPS) is 11.1. The van der Waals surface area contributed by atoms with Gasteiger partial charge in [0.05, 0.1) is 28.2 Å². The molecule has 1 aromatic carbocycles. The minimum Gasteiger partial charge on any atom is -0.462 e. The molecule has 204 valence electrons. The number of nitrogens with one attached hydrogen (secondary N) is 1. The Bertz CT molecular complexity index is 1620. The van der Waals surface area contributed by atoms with E-state index < -0.39 is 5.97 Å². The number of rotatable bonds is 10. The second kappa shape index (κ2) is 12.3. The number of aryl methyl sites for hydroxylation is 3. The van der Waals surface area contributed by atoms with Crippen LogP contribution in [0, 0.1) is 20.8 Å². The number of aromatic nitrogens is 2. The predicted octanol–water partition coefficient (Wildman–Crippen LogP) is 5.80. The number of Topliss-reactive ketones (excluding diaryl/α,β-unsaturated/α-hetero) is 1. The monoisotopic (exact) mass is 583 g/mol. The lowest BCUT2D eigenvalue weighted by atomic mass is 10.1. The van der Waals surface area contributed by atoms with E-state index in [0.717, 1.165) is 39.1 Å². The van der Waals surface area contributed by atoms with Crippen molar-refractivity contribution in [1.82, 2.24) is 9.55 Å².